The van der Waals surface area contributed by atoms with E-state index in [2.05, 4.69) is 29.6 Å². The molecule has 2 aliphatic carbocycles. The Morgan fingerprint density at radius 2 is 1.71 bits per heavy atom. The molecule has 1 atom stereocenters. The van der Waals surface area contributed by atoms with Crippen LogP contribution in [0.5, 0.6) is 0 Å². The first-order valence-corrected chi connectivity index (χ1v) is 5.74. The fourth-order valence-electron chi connectivity index (χ4n) is 2.42. The second-order valence-electron chi connectivity index (χ2n) is 4.65. The van der Waals surface area contributed by atoms with Crippen molar-refractivity contribution in [2.24, 2.45) is 0 Å². The lowest BCUT2D eigenvalue weighted by Gasteiger charge is -2.25. The maximum atomic E-state index is 3.73. The lowest BCUT2D eigenvalue weighted by Crippen LogP contribution is -2.35. The monoisotopic (exact) mass is 187 g/mol. The van der Waals surface area contributed by atoms with Crippen LogP contribution in [0, 0.1) is 0 Å². The Morgan fingerprint density at radius 1 is 0.929 bits per heavy atom. The zero-order valence-electron chi connectivity index (χ0n) is 8.50. The molecule has 1 heteroatoms. The number of fused-ring (bicyclic) bond motifs is 1. The maximum Gasteiger partial charge on any atom is 0.0113 e. The predicted molar refractivity (Wildman–Crippen MR) is 58.4 cm³/mol. The minimum Gasteiger partial charge on any atom is -0.311 e. The van der Waals surface area contributed by atoms with Crippen LogP contribution < -0.4 is 5.32 Å². The summed E-state index contributed by atoms with van der Waals surface area (Å²) in [7, 11) is 0. The highest BCUT2D eigenvalue weighted by atomic mass is 15.0. The van der Waals surface area contributed by atoms with E-state index in [1.54, 1.807) is 11.1 Å². The van der Waals surface area contributed by atoms with Gasteiger partial charge in [-0.3, -0.25) is 0 Å². The van der Waals surface area contributed by atoms with Gasteiger partial charge < -0.3 is 5.32 Å². The molecule has 1 saturated carbocycles. The summed E-state index contributed by atoms with van der Waals surface area (Å²) in [6.45, 7) is 0. The molecule has 1 aromatic carbocycles. The molecule has 14 heavy (non-hydrogen) atoms. The number of nitrogens with one attached hydrogen (secondary N) is 1. The van der Waals surface area contributed by atoms with Gasteiger partial charge in [-0.2, -0.15) is 0 Å². The smallest absolute Gasteiger partial charge is 0.0113 e. The normalized spacial score (nSPS) is 25.9. The summed E-state index contributed by atoms with van der Waals surface area (Å²) in [5, 5.41) is 3.73. The first kappa shape index (κ1) is 8.49. The van der Waals surface area contributed by atoms with Gasteiger partial charge >= 0.3 is 0 Å². The van der Waals surface area contributed by atoms with E-state index in [1.807, 2.05) is 0 Å². The molecular formula is C13H17N. The molecule has 1 fully saturated rings. The zero-order valence-corrected chi connectivity index (χ0v) is 8.50. The van der Waals surface area contributed by atoms with Crippen LogP contribution in [0.25, 0.3) is 0 Å². The molecule has 0 spiro atoms. The van der Waals surface area contributed by atoms with Crippen LogP contribution >= 0.6 is 0 Å². The van der Waals surface area contributed by atoms with Gasteiger partial charge in [-0.1, -0.05) is 24.3 Å². The summed E-state index contributed by atoms with van der Waals surface area (Å²) in [6, 6.07) is 10.5. The predicted octanol–water partition coefficient (Wildman–Crippen LogP) is 2.30. The Kier molecular flexibility index (Phi) is 2.06. The minimum atomic E-state index is 0.748. The van der Waals surface area contributed by atoms with Crippen molar-refractivity contribution < 1.29 is 0 Å². The number of aryl methyl sites for hydroxylation is 1. The van der Waals surface area contributed by atoms with E-state index < -0.39 is 0 Å². The van der Waals surface area contributed by atoms with E-state index in [9.17, 15) is 0 Å². The molecule has 0 bridgehead atoms. The van der Waals surface area contributed by atoms with Crippen molar-refractivity contribution >= 4 is 0 Å². The average Bonchev–Trinajstić information content (AvgIpc) is 3.02. The molecule has 0 aromatic heterocycles. The van der Waals surface area contributed by atoms with E-state index >= 15 is 0 Å². The molecule has 74 valence electrons. The van der Waals surface area contributed by atoms with Crippen LogP contribution in [0.4, 0.5) is 0 Å². The van der Waals surface area contributed by atoms with Crippen molar-refractivity contribution in [1.82, 2.24) is 5.32 Å². The highest BCUT2D eigenvalue weighted by Crippen LogP contribution is 2.25. The van der Waals surface area contributed by atoms with Gasteiger partial charge in [0.15, 0.2) is 0 Å². The van der Waals surface area contributed by atoms with E-state index in [0.29, 0.717) is 0 Å². The average molecular weight is 187 g/mol. The van der Waals surface area contributed by atoms with Crippen LogP contribution in [0.15, 0.2) is 24.3 Å². The Hall–Kier alpha value is -0.820. The van der Waals surface area contributed by atoms with Crippen molar-refractivity contribution in [3.05, 3.63) is 35.4 Å². The molecule has 0 amide bonds. The SMILES string of the molecule is c1ccc2c(c1)CC[C@@H](NC1CC1)C2. The second-order valence-corrected chi connectivity index (χ2v) is 4.65. The van der Waals surface area contributed by atoms with Gasteiger partial charge in [-0.05, 0) is 43.2 Å². The van der Waals surface area contributed by atoms with Crippen molar-refractivity contribution in [3.8, 4) is 0 Å². The Bertz CT molecular complexity index is 328. The lowest BCUT2D eigenvalue weighted by molar-refractivity contribution is 0.456. The van der Waals surface area contributed by atoms with Crippen LogP contribution in [0.3, 0.4) is 0 Å². The van der Waals surface area contributed by atoms with Crippen molar-refractivity contribution in [2.75, 3.05) is 0 Å². The standard InChI is InChI=1S/C13H17N/c1-2-4-11-9-13(14-12-7-8-12)6-5-10(11)3-1/h1-4,12-14H,5-9H2/t13-/m1/s1. The second kappa shape index (κ2) is 3.39. The zero-order chi connectivity index (χ0) is 9.38. The van der Waals surface area contributed by atoms with Crippen LogP contribution in [-0.4, -0.2) is 12.1 Å². The summed E-state index contributed by atoms with van der Waals surface area (Å²) in [6.07, 6.45) is 6.64. The number of hydrogen-bond donors (Lipinski definition) is 1. The van der Waals surface area contributed by atoms with E-state index in [1.165, 1.54) is 32.1 Å². The molecule has 1 N–H and O–H groups in total. The first-order valence-electron chi connectivity index (χ1n) is 5.74. The third-order valence-electron chi connectivity index (χ3n) is 3.40. The Labute approximate surface area is 85.5 Å². The van der Waals surface area contributed by atoms with Gasteiger partial charge in [0.25, 0.3) is 0 Å². The molecule has 0 saturated heterocycles. The number of rotatable bonds is 2. The minimum absolute atomic E-state index is 0.748. The van der Waals surface area contributed by atoms with Crippen molar-refractivity contribution in [2.45, 2.75) is 44.2 Å². The summed E-state index contributed by atoms with van der Waals surface area (Å²) < 4.78 is 0. The fraction of sp³-hybridized carbons (Fsp3) is 0.538. The van der Waals surface area contributed by atoms with E-state index in [0.717, 1.165) is 12.1 Å². The molecule has 1 aromatic rings. The molecule has 0 unspecified atom stereocenters. The van der Waals surface area contributed by atoms with Gasteiger partial charge in [0.05, 0.1) is 0 Å². The number of benzene rings is 1. The molecule has 0 heterocycles. The fourth-order valence-corrected chi connectivity index (χ4v) is 2.42. The first-order chi connectivity index (χ1) is 6.92. The van der Waals surface area contributed by atoms with Crippen LogP contribution in [0.1, 0.15) is 30.4 Å². The lowest BCUT2D eigenvalue weighted by atomic mass is 9.88. The molecule has 0 radical (unpaired) electrons. The summed E-state index contributed by atoms with van der Waals surface area (Å²) >= 11 is 0. The van der Waals surface area contributed by atoms with Crippen molar-refractivity contribution in [3.63, 3.8) is 0 Å². The number of hydrogen-bond acceptors (Lipinski definition) is 1. The Balaban J connectivity index is 1.72. The van der Waals surface area contributed by atoms with Crippen molar-refractivity contribution in [1.29, 1.82) is 0 Å². The topological polar surface area (TPSA) is 12.0 Å². The summed E-state index contributed by atoms with van der Waals surface area (Å²) in [5.41, 5.74) is 3.14. The maximum absolute atomic E-state index is 3.73. The summed E-state index contributed by atoms with van der Waals surface area (Å²) in [5.74, 6) is 0. The van der Waals surface area contributed by atoms with Gasteiger partial charge in [0, 0.05) is 12.1 Å². The highest BCUT2D eigenvalue weighted by Gasteiger charge is 2.26. The summed E-state index contributed by atoms with van der Waals surface area (Å²) in [4.78, 5) is 0. The molecule has 3 rings (SSSR count). The van der Waals surface area contributed by atoms with Gasteiger partial charge in [-0.25, -0.2) is 0 Å². The van der Waals surface area contributed by atoms with Gasteiger partial charge in [-0.15, -0.1) is 0 Å². The Morgan fingerprint density at radius 3 is 2.50 bits per heavy atom. The largest absolute Gasteiger partial charge is 0.311 e. The molecule has 0 aliphatic heterocycles. The third-order valence-corrected chi connectivity index (χ3v) is 3.40. The quantitative estimate of drug-likeness (QED) is 0.749. The van der Waals surface area contributed by atoms with E-state index in [-0.39, 0.29) is 0 Å². The van der Waals surface area contributed by atoms with Crippen LogP contribution in [0.2, 0.25) is 0 Å². The molecular weight excluding hydrogens is 170 g/mol. The van der Waals surface area contributed by atoms with Gasteiger partial charge in [0.2, 0.25) is 0 Å². The molecule has 2 aliphatic rings. The van der Waals surface area contributed by atoms with E-state index in [4.69, 9.17) is 0 Å². The van der Waals surface area contributed by atoms with Crippen LogP contribution in [-0.2, 0) is 12.8 Å². The highest BCUT2D eigenvalue weighted by molar-refractivity contribution is 5.30. The van der Waals surface area contributed by atoms with Gasteiger partial charge in [0.1, 0.15) is 0 Å². The third kappa shape index (κ3) is 1.69. The molecule has 1 nitrogen and oxygen atoms in total.